The zero-order valence-electron chi connectivity index (χ0n) is 14.7. The Morgan fingerprint density at radius 3 is 2.69 bits per heavy atom. The Morgan fingerprint density at radius 2 is 2.00 bits per heavy atom. The summed E-state index contributed by atoms with van der Waals surface area (Å²) in [7, 11) is 0. The second kappa shape index (κ2) is 8.18. The lowest BCUT2D eigenvalue weighted by Crippen LogP contribution is -2.41. The summed E-state index contributed by atoms with van der Waals surface area (Å²) in [6.07, 6.45) is -0.541. The van der Waals surface area contributed by atoms with Gasteiger partial charge in [0.15, 0.2) is 0 Å². The average molecular weight is 368 g/mol. The minimum absolute atomic E-state index is 0.292. The number of benzene rings is 1. The van der Waals surface area contributed by atoms with E-state index in [0.29, 0.717) is 29.9 Å². The zero-order chi connectivity index (χ0) is 18.6. The molecule has 5 nitrogen and oxygen atoms in total. The summed E-state index contributed by atoms with van der Waals surface area (Å²) in [5, 5.41) is 7.12. The summed E-state index contributed by atoms with van der Waals surface area (Å²) in [5.41, 5.74) is -0.200. The number of aromatic nitrogens is 2. The first kappa shape index (κ1) is 18.8. The molecule has 1 N–H and O–H groups in total. The van der Waals surface area contributed by atoms with Gasteiger partial charge >= 0.3 is 6.18 Å². The van der Waals surface area contributed by atoms with Crippen molar-refractivity contribution in [2.75, 3.05) is 19.6 Å². The van der Waals surface area contributed by atoms with E-state index in [4.69, 9.17) is 4.52 Å². The number of piperidine rings is 1. The Hall–Kier alpha value is -1.93. The molecule has 0 amide bonds. The van der Waals surface area contributed by atoms with Crippen LogP contribution in [0.1, 0.15) is 37.6 Å². The van der Waals surface area contributed by atoms with Gasteiger partial charge in [0.05, 0.1) is 12.1 Å². The van der Waals surface area contributed by atoms with Gasteiger partial charge in [-0.3, -0.25) is 4.90 Å². The summed E-state index contributed by atoms with van der Waals surface area (Å²) < 4.78 is 43.0. The maximum atomic E-state index is 12.6. The molecular formula is C18H23F3N4O. The molecule has 26 heavy (non-hydrogen) atoms. The second-order valence-electron chi connectivity index (χ2n) is 6.64. The molecule has 1 aliphatic rings. The van der Waals surface area contributed by atoms with Crippen LogP contribution < -0.4 is 5.32 Å². The standard InChI is InChI=1S/C18H23F3N4O/c1-13-4-2-3-10-25(13)11-9-22-12-16-23-17(24-26-16)14-5-7-15(8-6-14)18(19,20)21/h5-8,13,22H,2-4,9-12H2,1H3/t13-/m0/s1. The Bertz CT molecular complexity index is 699. The molecule has 1 aliphatic heterocycles. The number of hydrogen-bond donors (Lipinski definition) is 1. The van der Waals surface area contributed by atoms with Crippen LogP contribution in [0.3, 0.4) is 0 Å². The van der Waals surface area contributed by atoms with Gasteiger partial charge in [-0.2, -0.15) is 18.2 Å². The van der Waals surface area contributed by atoms with Crippen LogP contribution in [-0.2, 0) is 12.7 Å². The molecule has 1 fully saturated rings. The number of alkyl halides is 3. The molecule has 0 unspecified atom stereocenters. The minimum atomic E-state index is -4.35. The summed E-state index contributed by atoms with van der Waals surface area (Å²) in [6, 6.07) is 5.36. The van der Waals surface area contributed by atoms with Gasteiger partial charge in [0.1, 0.15) is 0 Å². The van der Waals surface area contributed by atoms with Crippen LogP contribution in [0.4, 0.5) is 13.2 Å². The van der Waals surface area contributed by atoms with Crippen molar-refractivity contribution in [3.05, 3.63) is 35.7 Å². The highest BCUT2D eigenvalue weighted by molar-refractivity contribution is 5.54. The lowest BCUT2D eigenvalue weighted by molar-refractivity contribution is -0.137. The highest BCUT2D eigenvalue weighted by Gasteiger charge is 2.30. The van der Waals surface area contributed by atoms with Crippen molar-refractivity contribution in [1.29, 1.82) is 0 Å². The van der Waals surface area contributed by atoms with E-state index in [-0.39, 0.29) is 0 Å². The summed E-state index contributed by atoms with van der Waals surface area (Å²) in [5.74, 6) is 0.715. The smallest absolute Gasteiger partial charge is 0.338 e. The quantitative estimate of drug-likeness (QED) is 0.788. The van der Waals surface area contributed by atoms with Crippen molar-refractivity contribution < 1.29 is 17.7 Å². The molecule has 0 bridgehead atoms. The maximum Gasteiger partial charge on any atom is 0.416 e. The molecule has 0 aliphatic carbocycles. The SMILES string of the molecule is C[C@H]1CCCCN1CCNCc1nc(-c2ccc(C(F)(F)F)cc2)no1. The predicted octanol–water partition coefficient (Wildman–Crippen LogP) is 3.72. The summed E-state index contributed by atoms with van der Waals surface area (Å²) in [6.45, 7) is 5.63. The number of halogens is 3. The van der Waals surface area contributed by atoms with E-state index in [1.54, 1.807) is 0 Å². The van der Waals surface area contributed by atoms with E-state index in [2.05, 4.69) is 27.3 Å². The fourth-order valence-corrected chi connectivity index (χ4v) is 3.16. The molecule has 0 radical (unpaired) electrons. The fourth-order valence-electron chi connectivity index (χ4n) is 3.16. The molecule has 1 atom stereocenters. The first-order valence-corrected chi connectivity index (χ1v) is 8.88. The molecule has 1 saturated heterocycles. The number of nitrogens with one attached hydrogen (secondary N) is 1. The predicted molar refractivity (Wildman–Crippen MR) is 91.3 cm³/mol. The van der Waals surface area contributed by atoms with Crippen LogP contribution in [0.15, 0.2) is 28.8 Å². The number of likely N-dealkylation sites (tertiary alicyclic amines) is 1. The Morgan fingerprint density at radius 1 is 1.23 bits per heavy atom. The first-order valence-electron chi connectivity index (χ1n) is 8.88. The van der Waals surface area contributed by atoms with Crippen LogP contribution in [0, 0.1) is 0 Å². The topological polar surface area (TPSA) is 54.2 Å². The lowest BCUT2D eigenvalue weighted by atomic mass is 10.0. The minimum Gasteiger partial charge on any atom is -0.338 e. The van der Waals surface area contributed by atoms with Gasteiger partial charge in [-0.1, -0.05) is 23.7 Å². The third-order valence-corrected chi connectivity index (χ3v) is 4.73. The van der Waals surface area contributed by atoms with E-state index in [0.717, 1.165) is 31.8 Å². The highest BCUT2D eigenvalue weighted by atomic mass is 19.4. The van der Waals surface area contributed by atoms with Gasteiger partial charge in [-0.15, -0.1) is 0 Å². The summed E-state index contributed by atoms with van der Waals surface area (Å²) >= 11 is 0. The van der Waals surface area contributed by atoms with Gasteiger partial charge in [0.25, 0.3) is 0 Å². The van der Waals surface area contributed by atoms with Gasteiger partial charge in [0.2, 0.25) is 11.7 Å². The third-order valence-electron chi connectivity index (χ3n) is 4.73. The van der Waals surface area contributed by atoms with Crippen LogP contribution in [-0.4, -0.2) is 40.7 Å². The van der Waals surface area contributed by atoms with Crippen LogP contribution in [0.2, 0.25) is 0 Å². The Kier molecular flexibility index (Phi) is 5.93. The Labute approximate surface area is 150 Å². The van der Waals surface area contributed by atoms with Gasteiger partial charge in [-0.25, -0.2) is 0 Å². The molecule has 8 heteroatoms. The van der Waals surface area contributed by atoms with Crippen molar-refractivity contribution in [2.24, 2.45) is 0 Å². The van der Waals surface area contributed by atoms with Gasteiger partial charge < -0.3 is 9.84 Å². The van der Waals surface area contributed by atoms with Crippen molar-refractivity contribution in [3.8, 4) is 11.4 Å². The van der Waals surface area contributed by atoms with Crippen molar-refractivity contribution >= 4 is 0 Å². The number of hydrogen-bond acceptors (Lipinski definition) is 5. The van der Waals surface area contributed by atoms with Crippen LogP contribution in [0.25, 0.3) is 11.4 Å². The fraction of sp³-hybridized carbons (Fsp3) is 0.556. The van der Waals surface area contributed by atoms with Crippen molar-refractivity contribution in [2.45, 2.75) is 44.9 Å². The number of rotatable bonds is 6. The Balaban J connectivity index is 1.48. The normalized spacial score (nSPS) is 19.0. The molecule has 2 aromatic rings. The first-order chi connectivity index (χ1) is 12.4. The van der Waals surface area contributed by atoms with E-state index >= 15 is 0 Å². The largest absolute Gasteiger partial charge is 0.416 e. The van der Waals surface area contributed by atoms with Gasteiger partial charge in [0, 0.05) is 24.7 Å². The molecule has 142 valence electrons. The maximum absolute atomic E-state index is 12.6. The number of nitrogens with zero attached hydrogens (tertiary/aromatic N) is 3. The molecule has 1 aromatic carbocycles. The third kappa shape index (κ3) is 4.82. The molecule has 1 aromatic heterocycles. The van der Waals surface area contributed by atoms with Crippen LogP contribution in [0.5, 0.6) is 0 Å². The highest BCUT2D eigenvalue weighted by Crippen LogP contribution is 2.30. The van der Waals surface area contributed by atoms with Crippen molar-refractivity contribution in [3.63, 3.8) is 0 Å². The lowest BCUT2D eigenvalue weighted by Gasteiger charge is -2.33. The van der Waals surface area contributed by atoms with Gasteiger partial charge in [-0.05, 0) is 38.4 Å². The van der Waals surface area contributed by atoms with Crippen LogP contribution >= 0.6 is 0 Å². The molecule has 2 heterocycles. The van der Waals surface area contributed by atoms with E-state index < -0.39 is 11.7 Å². The zero-order valence-corrected chi connectivity index (χ0v) is 14.7. The molecule has 3 rings (SSSR count). The molecule has 0 spiro atoms. The monoisotopic (exact) mass is 368 g/mol. The van der Waals surface area contributed by atoms with E-state index in [1.807, 2.05) is 0 Å². The average Bonchev–Trinajstić information content (AvgIpc) is 3.08. The second-order valence-corrected chi connectivity index (χ2v) is 6.64. The molecular weight excluding hydrogens is 345 g/mol. The van der Waals surface area contributed by atoms with Crippen molar-refractivity contribution in [1.82, 2.24) is 20.4 Å². The summed E-state index contributed by atoms with van der Waals surface area (Å²) in [4.78, 5) is 6.71. The van der Waals surface area contributed by atoms with E-state index in [9.17, 15) is 13.2 Å². The van der Waals surface area contributed by atoms with E-state index in [1.165, 1.54) is 31.4 Å². The molecule has 0 saturated carbocycles.